The first-order chi connectivity index (χ1) is 39.5. The molecule has 13 aromatic rings. The van der Waals surface area contributed by atoms with Crippen LogP contribution in [0.25, 0.3) is 84.2 Å². The van der Waals surface area contributed by atoms with E-state index in [1.54, 1.807) is 34.2 Å². The molecule has 11 heteroatoms. The average Bonchev–Trinajstić information content (AvgIpc) is 3.88. The summed E-state index contributed by atoms with van der Waals surface area (Å²) in [6, 6.07) is 96.5. The Hall–Kier alpha value is -9.34. The number of aromatic nitrogens is 7. The maximum Gasteiger partial charge on any atom is 0.383 e. The Labute approximate surface area is 504 Å². The quantitative estimate of drug-likeness (QED) is 0.118. The summed E-state index contributed by atoms with van der Waals surface area (Å²) in [5.74, 6) is -0.735. The second-order valence-corrected chi connectivity index (χ2v) is 17.9. The molecule has 7 aromatic carbocycles. The number of rotatable bonds is 7. The molecule has 0 atom stereocenters. The first kappa shape index (κ1) is 58.8. The molecule has 0 saturated carbocycles. The van der Waals surface area contributed by atoms with Gasteiger partial charge >= 0.3 is 12.5 Å². The largest absolute Gasteiger partial charge is 0.383 e. The molecule has 0 amide bonds. The van der Waals surface area contributed by atoms with Crippen molar-refractivity contribution in [3.05, 3.63) is 334 Å². The number of pyridine rings is 5. The van der Waals surface area contributed by atoms with Gasteiger partial charge in [-0.1, -0.05) is 156 Å². The second kappa shape index (κ2) is 30.3. The van der Waals surface area contributed by atoms with Crippen LogP contribution >= 0.6 is 0 Å². The minimum Gasteiger partial charge on any atom is -0.305 e. The SMILES string of the molecule is Fc1cc(F)c2[n+](c1)C[n+]1cccn1-2.[Ir].[Ir].[c-]1cc(-c2ccccc2)ccc1-c1cc(-c2ccccc2)ccn1.[c-]1cc(-c2ccccc2)ccc1-c1ccccn1.[c-]1ccccc1-c1ccccn1.[c-]1ccccc1-c1ccccn1. The zero-order valence-electron chi connectivity index (χ0n) is 44.1. The normalized spacial score (nSPS) is 10.3. The van der Waals surface area contributed by atoms with Crippen molar-refractivity contribution in [1.29, 1.82) is 0 Å². The number of fused-ring (bicyclic) bond motifs is 3. The van der Waals surface area contributed by atoms with E-state index in [0.717, 1.165) is 51.1 Å². The van der Waals surface area contributed by atoms with E-state index in [-0.39, 0.29) is 40.2 Å². The number of benzene rings is 7. The molecule has 0 fully saturated rings. The predicted molar refractivity (Wildman–Crippen MR) is 312 cm³/mol. The molecule has 7 nitrogen and oxygen atoms in total. The van der Waals surface area contributed by atoms with Crippen molar-refractivity contribution in [1.82, 2.24) is 24.6 Å². The van der Waals surface area contributed by atoms with Gasteiger partial charge in [-0.2, -0.15) is 8.96 Å². The smallest absolute Gasteiger partial charge is 0.305 e. The molecule has 0 spiro atoms. The molecule has 0 bridgehead atoms. The first-order valence-corrected chi connectivity index (χ1v) is 25.8. The molecule has 7 heterocycles. The van der Waals surface area contributed by atoms with Gasteiger partial charge < -0.3 is 19.9 Å². The summed E-state index contributed by atoms with van der Waals surface area (Å²) in [5.41, 5.74) is 15.1. The van der Waals surface area contributed by atoms with Crippen molar-refractivity contribution in [3.63, 3.8) is 0 Å². The number of halogens is 2. The van der Waals surface area contributed by atoms with E-state index in [4.69, 9.17) is 0 Å². The summed E-state index contributed by atoms with van der Waals surface area (Å²) >= 11 is 0. The van der Waals surface area contributed by atoms with Crippen molar-refractivity contribution >= 4 is 0 Å². The zero-order chi connectivity index (χ0) is 54.6. The number of hydrogen-bond acceptors (Lipinski definition) is 4. The molecule has 1 aliphatic rings. The maximum absolute atomic E-state index is 13.4. The Morgan fingerprint density at radius 3 is 1.26 bits per heavy atom. The summed E-state index contributed by atoms with van der Waals surface area (Å²) in [7, 11) is 0. The molecule has 0 N–H and O–H groups in total. The van der Waals surface area contributed by atoms with Gasteiger partial charge in [0.25, 0.3) is 0 Å². The molecule has 404 valence electrons. The van der Waals surface area contributed by atoms with Crippen LogP contribution in [0, 0.1) is 35.9 Å². The van der Waals surface area contributed by atoms with E-state index >= 15 is 0 Å². The van der Waals surface area contributed by atoms with Crippen LogP contribution in [0.5, 0.6) is 0 Å². The van der Waals surface area contributed by atoms with E-state index in [1.807, 2.05) is 182 Å². The minimum absolute atomic E-state index is 0. The van der Waals surface area contributed by atoms with Crippen LogP contribution in [0.1, 0.15) is 0 Å². The minimum atomic E-state index is -0.558. The van der Waals surface area contributed by atoms with Crippen molar-refractivity contribution in [3.8, 4) is 84.2 Å². The average molecular weight is 1420 g/mol. The third kappa shape index (κ3) is 15.9. The molecule has 2 radical (unpaired) electrons. The van der Waals surface area contributed by atoms with Gasteiger partial charge in [0.15, 0.2) is 12.0 Å². The van der Waals surface area contributed by atoms with E-state index < -0.39 is 11.6 Å². The monoisotopic (exact) mass is 1430 g/mol. The molecule has 82 heavy (non-hydrogen) atoms. The fourth-order valence-electron chi connectivity index (χ4n) is 8.61. The summed E-state index contributed by atoms with van der Waals surface area (Å²) in [5, 5.41) is 0. The fourth-order valence-corrected chi connectivity index (χ4v) is 8.61. The molecule has 6 aromatic heterocycles. The van der Waals surface area contributed by atoms with Crippen molar-refractivity contribution in [2.75, 3.05) is 0 Å². The molecule has 1 aliphatic heterocycles. The maximum atomic E-state index is 13.4. The van der Waals surface area contributed by atoms with Crippen LogP contribution in [0.15, 0.2) is 298 Å². The van der Waals surface area contributed by atoms with Gasteiger partial charge in [-0.05, 0) is 58.2 Å². The third-order valence-corrected chi connectivity index (χ3v) is 12.5. The van der Waals surface area contributed by atoms with Crippen molar-refractivity contribution < 1.29 is 58.2 Å². The van der Waals surface area contributed by atoms with E-state index in [2.05, 4.69) is 123 Å². The van der Waals surface area contributed by atoms with Gasteiger partial charge in [-0.15, -0.1) is 131 Å². The number of nitrogens with zero attached hydrogens (tertiary/aromatic N) is 7. The molecule has 14 rings (SSSR count). The van der Waals surface area contributed by atoms with Gasteiger partial charge in [0.05, 0.1) is 6.07 Å². The van der Waals surface area contributed by atoms with E-state index in [1.165, 1.54) is 44.1 Å². The standard InChI is InChI=1S/C23H16N.C17H12N.2C11H8N.C9H7F2N3.2Ir/c1-3-7-18(8-4-1)20-11-13-21(14-12-20)23-17-22(15-16-24-23)19-9-5-2-6-10-19;1-2-6-14(7-3-1)15-9-11-16(12-10-15)17-8-4-5-13-18-17;2*1-2-6-10(7-3-1)11-8-4-5-9-12-11;10-7-4-8(11)9-12(5-7)6-13-2-1-3-14(9)13;;/h1-13,15-17H;1-11,13H;2*1-6,8-9H;1-5H,6H2;;/q4*-1;+2;;. The Morgan fingerprint density at radius 1 is 0.378 bits per heavy atom. The third-order valence-electron chi connectivity index (χ3n) is 12.5. The van der Waals surface area contributed by atoms with Gasteiger partial charge in [0, 0.05) is 80.4 Å². The first-order valence-electron chi connectivity index (χ1n) is 25.8. The van der Waals surface area contributed by atoms with Crippen LogP contribution < -0.4 is 9.25 Å². The van der Waals surface area contributed by atoms with Gasteiger partial charge in [-0.3, -0.25) is 0 Å². The van der Waals surface area contributed by atoms with Crippen LogP contribution in [0.4, 0.5) is 8.78 Å². The molecular weight excluding hydrogens is 1370 g/mol. The van der Waals surface area contributed by atoms with E-state index in [0.29, 0.717) is 12.5 Å². The number of hydrogen-bond donors (Lipinski definition) is 0. The Bertz CT molecular complexity index is 3740. The summed E-state index contributed by atoms with van der Waals surface area (Å²) < 4.78 is 31.3. The topological polar surface area (TPSA) is 64.2 Å². The van der Waals surface area contributed by atoms with Gasteiger partial charge in [0.2, 0.25) is 12.0 Å². The van der Waals surface area contributed by atoms with Gasteiger partial charge in [0.1, 0.15) is 6.20 Å². The molecule has 0 saturated heterocycles. The van der Waals surface area contributed by atoms with Crippen LogP contribution in [-0.2, 0) is 46.9 Å². The van der Waals surface area contributed by atoms with Crippen LogP contribution in [-0.4, -0.2) is 24.6 Å². The molecular formula is C71H51F2Ir2N7-2. The Balaban J connectivity index is 0.000000137. The zero-order valence-corrected chi connectivity index (χ0v) is 48.8. The predicted octanol–water partition coefficient (Wildman–Crippen LogP) is 15.3. The summed E-state index contributed by atoms with van der Waals surface area (Å²) in [4.78, 5) is 17.3. The Kier molecular flexibility index (Phi) is 21.7. The van der Waals surface area contributed by atoms with E-state index in [9.17, 15) is 8.78 Å². The van der Waals surface area contributed by atoms with Crippen molar-refractivity contribution in [2.45, 2.75) is 6.67 Å². The summed E-state index contributed by atoms with van der Waals surface area (Å²) in [6.07, 6.45) is 12.1. The second-order valence-electron chi connectivity index (χ2n) is 17.9. The summed E-state index contributed by atoms with van der Waals surface area (Å²) in [6.45, 7) is 0.441. The molecule has 0 unspecified atom stereocenters. The van der Waals surface area contributed by atoms with Crippen molar-refractivity contribution in [2.24, 2.45) is 0 Å². The van der Waals surface area contributed by atoms with Crippen LogP contribution in [0.3, 0.4) is 0 Å². The van der Waals surface area contributed by atoms with Crippen LogP contribution in [0.2, 0.25) is 0 Å². The molecule has 0 aliphatic carbocycles. The fraction of sp³-hybridized carbons (Fsp3) is 0.0141. The van der Waals surface area contributed by atoms with Gasteiger partial charge in [-0.25, -0.2) is 4.39 Å². The Morgan fingerprint density at radius 2 is 0.817 bits per heavy atom.